The molecule has 0 unspecified atom stereocenters. The van der Waals surface area contributed by atoms with Crippen LogP contribution in [0.3, 0.4) is 0 Å². The third kappa shape index (κ3) is 5.35. The number of nitrogens with zero attached hydrogens (tertiary/aromatic N) is 3. The average Bonchev–Trinajstić information content (AvgIpc) is 3.14. The Kier molecular flexibility index (Phi) is 5.83. The minimum absolute atomic E-state index is 0.0211. The molecule has 0 spiro atoms. The molecule has 8 nitrogen and oxygen atoms in total. The number of amides is 2. The first-order valence-electron chi connectivity index (χ1n) is 10.5. The van der Waals surface area contributed by atoms with E-state index in [4.69, 9.17) is 4.74 Å². The summed E-state index contributed by atoms with van der Waals surface area (Å²) < 4.78 is 7.34. The Hall–Kier alpha value is -4.20. The Morgan fingerprint density at radius 3 is 2.42 bits per heavy atom. The van der Waals surface area contributed by atoms with Crippen molar-refractivity contribution < 1.29 is 14.3 Å². The van der Waals surface area contributed by atoms with Crippen LogP contribution in [-0.4, -0.2) is 26.4 Å². The van der Waals surface area contributed by atoms with Crippen LogP contribution in [-0.2, 0) is 10.2 Å². The molecule has 168 valence electrons. The van der Waals surface area contributed by atoms with E-state index < -0.39 is 0 Å². The molecular weight excluding hydrogens is 418 g/mol. The summed E-state index contributed by atoms with van der Waals surface area (Å²) in [5.41, 5.74) is 2.92. The minimum Gasteiger partial charge on any atom is -0.438 e. The van der Waals surface area contributed by atoms with Gasteiger partial charge in [-0.05, 0) is 41.3 Å². The number of fused-ring (bicyclic) bond motifs is 1. The second kappa shape index (κ2) is 8.74. The van der Waals surface area contributed by atoms with E-state index in [-0.39, 0.29) is 17.2 Å². The van der Waals surface area contributed by atoms with Crippen LogP contribution in [0.5, 0.6) is 11.6 Å². The molecule has 8 heteroatoms. The highest BCUT2D eigenvalue weighted by Gasteiger charge is 2.15. The van der Waals surface area contributed by atoms with Crippen LogP contribution >= 0.6 is 0 Å². The smallest absolute Gasteiger partial charge is 0.256 e. The molecule has 2 N–H and O–H groups in total. The van der Waals surface area contributed by atoms with E-state index in [0.29, 0.717) is 34.3 Å². The fraction of sp³-hybridized carbons (Fsp3) is 0.200. The van der Waals surface area contributed by atoms with Gasteiger partial charge in [0, 0.05) is 30.3 Å². The van der Waals surface area contributed by atoms with Gasteiger partial charge in [0.15, 0.2) is 11.5 Å². The van der Waals surface area contributed by atoms with E-state index in [0.717, 1.165) is 5.56 Å². The van der Waals surface area contributed by atoms with E-state index in [1.165, 1.54) is 11.4 Å². The first-order chi connectivity index (χ1) is 15.7. The number of carbonyl (C=O) groups is 2. The molecule has 2 heterocycles. The third-order valence-electron chi connectivity index (χ3n) is 4.93. The average molecular weight is 444 g/mol. The first kappa shape index (κ1) is 22.0. The largest absolute Gasteiger partial charge is 0.438 e. The lowest BCUT2D eigenvalue weighted by atomic mass is 9.87. The van der Waals surface area contributed by atoms with E-state index in [2.05, 4.69) is 41.5 Å². The van der Waals surface area contributed by atoms with Crippen molar-refractivity contribution in [1.29, 1.82) is 0 Å². The first-order valence-corrected chi connectivity index (χ1v) is 10.5. The van der Waals surface area contributed by atoms with Crippen molar-refractivity contribution in [3.05, 3.63) is 78.0 Å². The number of rotatable bonds is 5. The Morgan fingerprint density at radius 1 is 0.970 bits per heavy atom. The quantitative estimate of drug-likeness (QED) is 0.451. The van der Waals surface area contributed by atoms with Crippen LogP contribution < -0.4 is 15.4 Å². The second-order valence-electron chi connectivity index (χ2n) is 8.69. The summed E-state index contributed by atoms with van der Waals surface area (Å²) in [4.78, 5) is 28.3. The van der Waals surface area contributed by atoms with Gasteiger partial charge in [-0.1, -0.05) is 39.0 Å². The van der Waals surface area contributed by atoms with Gasteiger partial charge in [0.1, 0.15) is 5.75 Å². The molecule has 0 fully saturated rings. The number of anilines is 2. The Bertz CT molecular complexity index is 1320. The maximum absolute atomic E-state index is 12.6. The van der Waals surface area contributed by atoms with Gasteiger partial charge in [0.2, 0.25) is 11.8 Å². The van der Waals surface area contributed by atoms with Crippen LogP contribution in [0.1, 0.15) is 43.6 Å². The zero-order valence-corrected chi connectivity index (χ0v) is 18.9. The van der Waals surface area contributed by atoms with Gasteiger partial charge < -0.3 is 15.4 Å². The molecule has 0 aliphatic rings. The van der Waals surface area contributed by atoms with Crippen molar-refractivity contribution in [1.82, 2.24) is 14.6 Å². The predicted octanol–water partition coefficient (Wildman–Crippen LogP) is 5.03. The normalized spacial score (nSPS) is 11.3. The summed E-state index contributed by atoms with van der Waals surface area (Å²) >= 11 is 0. The van der Waals surface area contributed by atoms with E-state index in [1.54, 1.807) is 42.6 Å². The number of hydrogen-bond acceptors (Lipinski definition) is 5. The van der Waals surface area contributed by atoms with Gasteiger partial charge in [0.05, 0.1) is 6.20 Å². The maximum atomic E-state index is 12.6. The third-order valence-corrected chi connectivity index (χ3v) is 4.93. The molecule has 4 aromatic rings. The highest BCUT2D eigenvalue weighted by molar-refractivity contribution is 6.03. The summed E-state index contributed by atoms with van der Waals surface area (Å²) in [6, 6.07) is 18.0. The van der Waals surface area contributed by atoms with Crippen LogP contribution in [0.25, 0.3) is 5.65 Å². The minimum atomic E-state index is -0.245. The van der Waals surface area contributed by atoms with Gasteiger partial charge in [-0.15, -0.1) is 5.10 Å². The molecule has 0 atom stereocenters. The molecule has 2 amide bonds. The molecule has 4 rings (SSSR count). The van der Waals surface area contributed by atoms with Gasteiger partial charge in [-0.3, -0.25) is 9.59 Å². The van der Waals surface area contributed by atoms with Crippen molar-refractivity contribution in [3.63, 3.8) is 0 Å². The lowest BCUT2D eigenvalue weighted by molar-refractivity contribution is -0.114. The predicted molar refractivity (Wildman–Crippen MR) is 127 cm³/mol. The van der Waals surface area contributed by atoms with Crippen molar-refractivity contribution >= 4 is 29.0 Å². The number of aromatic nitrogens is 3. The molecule has 0 saturated heterocycles. The van der Waals surface area contributed by atoms with E-state index >= 15 is 0 Å². The number of benzene rings is 2. The molecule has 0 saturated carbocycles. The van der Waals surface area contributed by atoms with Crippen molar-refractivity contribution in [3.8, 4) is 11.6 Å². The van der Waals surface area contributed by atoms with Crippen LogP contribution in [0, 0.1) is 0 Å². The lowest BCUT2D eigenvalue weighted by Gasteiger charge is -2.18. The number of nitrogens with one attached hydrogen (secondary N) is 2. The lowest BCUT2D eigenvalue weighted by Crippen LogP contribution is -2.14. The van der Waals surface area contributed by atoms with E-state index in [1.807, 2.05) is 24.3 Å². The topological polar surface area (TPSA) is 97.6 Å². The number of ether oxygens (including phenoxy) is 1. The number of carbonyl (C=O) groups excluding carboxylic acids is 2. The molecule has 0 aliphatic heterocycles. The second-order valence-corrected chi connectivity index (χ2v) is 8.69. The van der Waals surface area contributed by atoms with Gasteiger partial charge >= 0.3 is 0 Å². The summed E-state index contributed by atoms with van der Waals surface area (Å²) in [5, 5.41) is 9.91. The highest BCUT2D eigenvalue weighted by atomic mass is 16.5. The number of imidazole rings is 1. The summed E-state index contributed by atoms with van der Waals surface area (Å²) in [7, 11) is 0. The van der Waals surface area contributed by atoms with Crippen molar-refractivity contribution in [2.24, 2.45) is 0 Å². The van der Waals surface area contributed by atoms with E-state index in [9.17, 15) is 9.59 Å². The summed E-state index contributed by atoms with van der Waals surface area (Å²) in [6.07, 6.45) is 1.62. The molecular formula is C25H25N5O3. The molecule has 0 aliphatic carbocycles. The molecule has 33 heavy (non-hydrogen) atoms. The zero-order chi connectivity index (χ0) is 23.6. The van der Waals surface area contributed by atoms with Crippen LogP contribution in [0.2, 0.25) is 0 Å². The van der Waals surface area contributed by atoms with Crippen molar-refractivity contribution in [2.45, 2.75) is 33.1 Å². The fourth-order valence-electron chi connectivity index (χ4n) is 3.25. The Balaban J connectivity index is 1.48. The molecule has 0 bridgehead atoms. The van der Waals surface area contributed by atoms with Gasteiger partial charge in [-0.2, -0.15) is 0 Å². The van der Waals surface area contributed by atoms with Crippen LogP contribution in [0.4, 0.5) is 11.5 Å². The number of hydrogen-bond donors (Lipinski definition) is 2. The fourth-order valence-corrected chi connectivity index (χ4v) is 3.25. The monoisotopic (exact) mass is 443 g/mol. The highest BCUT2D eigenvalue weighted by Crippen LogP contribution is 2.24. The SMILES string of the molecule is CC(=O)Nc1cccc(Oc2ccc3nc(NC(=O)c4ccc(C(C)(C)C)cc4)cn3n2)c1. The Morgan fingerprint density at radius 2 is 1.73 bits per heavy atom. The summed E-state index contributed by atoms with van der Waals surface area (Å²) in [5.74, 6) is 0.850. The maximum Gasteiger partial charge on any atom is 0.256 e. The van der Waals surface area contributed by atoms with Gasteiger partial charge in [0.25, 0.3) is 5.91 Å². The van der Waals surface area contributed by atoms with Gasteiger partial charge in [-0.25, -0.2) is 9.50 Å². The van der Waals surface area contributed by atoms with Crippen LogP contribution in [0.15, 0.2) is 66.9 Å². The van der Waals surface area contributed by atoms with Crippen molar-refractivity contribution in [2.75, 3.05) is 10.6 Å². The molecule has 0 radical (unpaired) electrons. The molecule has 2 aromatic heterocycles. The standard InChI is InChI=1S/C25H25N5O3/c1-16(31)26-19-6-5-7-20(14-19)33-23-13-12-22-27-21(15-30(22)29-23)28-24(32)17-8-10-18(11-9-17)25(2,3)4/h5-15H,1-4H3,(H,26,31)(H,28,32). The zero-order valence-electron chi connectivity index (χ0n) is 18.9. The molecule has 2 aromatic carbocycles. The summed E-state index contributed by atoms with van der Waals surface area (Å²) in [6.45, 7) is 7.83. The Labute approximate surface area is 191 Å².